The van der Waals surface area contributed by atoms with Gasteiger partial charge in [-0.1, -0.05) is 24.3 Å². The standard InChI is InChI=1S/C20H21N5O/c26-20(21-10-8-15-13-23-18-6-2-1-5-17(15)18)22-11-9-16-14-25-12-4-3-7-19(25)24-16/h1-7,12-14,23H,8-11H2,(H2,21,22,26). The van der Waals surface area contributed by atoms with E-state index in [1.54, 1.807) is 0 Å². The third-order valence-corrected chi connectivity index (χ3v) is 4.44. The highest BCUT2D eigenvalue weighted by molar-refractivity contribution is 5.83. The summed E-state index contributed by atoms with van der Waals surface area (Å²) in [6.45, 7) is 1.16. The summed E-state index contributed by atoms with van der Waals surface area (Å²) in [4.78, 5) is 19.7. The van der Waals surface area contributed by atoms with Crippen LogP contribution in [0.5, 0.6) is 0 Å². The molecule has 2 amide bonds. The Balaban J connectivity index is 1.21. The van der Waals surface area contributed by atoms with Crippen LogP contribution in [0.3, 0.4) is 0 Å². The van der Waals surface area contributed by atoms with Crippen molar-refractivity contribution in [1.82, 2.24) is 25.0 Å². The van der Waals surface area contributed by atoms with E-state index in [1.807, 2.05) is 53.3 Å². The Morgan fingerprint density at radius 2 is 1.85 bits per heavy atom. The third-order valence-electron chi connectivity index (χ3n) is 4.44. The molecule has 0 bridgehead atoms. The molecule has 3 aromatic heterocycles. The van der Waals surface area contributed by atoms with Gasteiger partial charge in [-0.15, -0.1) is 0 Å². The molecule has 1 aromatic carbocycles. The number of rotatable bonds is 6. The van der Waals surface area contributed by atoms with Crippen LogP contribution in [0.15, 0.2) is 61.1 Å². The molecule has 6 heteroatoms. The second kappa shape index (κ2) is 7.31. The van der Waals surface area contributed by atoms with Gasteiger partial charge in [0.05, 0.1) is 5.69 Å². The van der Waals surface area contributed by atoms with Gasteiger partial charge in [0.1, 0.15) is 5.65 Å². The Labute approximate surface area is 151 Å². The molecule has 0 unspecified atom stereocenters. The first-order valence-corrected chi connectivity index (χ1v) is 8.79. The number of nitrogens with zero attached hydrogens (tertiary/aromatic N) is 2. The molecule has 0 aliphatic rings. The first kappa shape index (κ1) is 16.2. The number of fused-ring (bicyclic) bond motifs is 2. The predicted octanol–water partition coefficient (Wildman–Crippen LogP) is 2.90. The lowest BCUT2D eigenvalue weighted by molar-refractivity contribution is 0.241. The number of urea groups is 1. The number of carbonyl (C=O) groups excluding carboxylic acids is 1. The maximum Gasteiger partial charge on any atom is 0.314 e. The van der Waals surface area contributed by atoms with Crippen molar-refractivity contribution in [3.05, 3.63) is 72.3 Å². The minimum absolute atomic E-state index is 0.145. The number of H-pyrrole nitrogens is 1. The van der Waals surface area contributed by atoms with E-state index in [2.05, 4.69) is 32.7 Å². The largest absolute Gasteiger partial charge is 0.361 e. The molecule has 0 saturated carbocycles. The van der Waals surface area contributed by atoms with Crippen LogP contribution in [0.1, 0.15) is 11.3 Å². The molecule has 0 atom stereocenters. The first-order valence-electron chi connectivity index (χ1n) is 8.79. The third kappa shape index (κ3) is 3.54. The van der Waals surface area contributed by atoms with Crippen LogP contribution in [0.25, 0.3) is 16.6 Å². The summed E-state index contributed by atoms with van der Waals surface area (Å²) < 4.78 is 1.98. The molecule has 0 radical (unpaired) electrons. The van der Waals surface area contributed by atoms with E-state index in [1.165, 1.54) is 10.9 Å². The summed E-state index contributed by atoms with van der Waals surface area (Å²) in [5, 5.41) is 7.00. The lowest BCUT2D eigenvalue weighted by atomic mass is 10.1. The molecule has 0 fully saturated rings. The number of amides is 2. The van der Waals surface area contributed by atoms with Crippen LogP contribution in [0.2, 0.25) is 0 Å². The van der Waals surface area contributed by atoms with Gasteiger partial charge in [-0.25, -0.2) is 9.78 Å². The first-order chi connectivity index (χ1) is 12.8. The molecule has 4 aromatic rings. The van der Waals surface area contributed by atoms with Crippen molar-refractivity contribution < 1.29 is 4.79 Å². The lowest BCUT2D eigenvalue weighted by Crippen LogP contribution is -2.37. The number of aromatic nitrogens is 3. The smallest absolute Gasteiger partial charge is 0.314 e. The van der Waals surface area contributed by atoms with Gasteiger partial charge in [-0.3, -0.25) is 0 Å². The number of hydrogen-bond acceptors (Lipinski definition) is 2. The summed E-state index contributed by atoms with van der Waals surface area (Å²) in [7, 11) is 0. The molecule has 3 heterocycles. The average Bonchev–Trinajstić information content (AvgIpc) is 3.25. The Morgan fingerprint density at radius 3 is 2.73 bits per heavy atom. The van der Waals surface area contributed by atoms with Crippen molar-refractivity contribution >= 4 is 22.6 Å². The average molecular weight is 347 g/mol. The zero-order chi connectivity index (χ0) is 17.8. The predicted molar refractivity (Wildman–Crippen MR) is 102 cm³/mol. The molecule has 132 valence electrons. The summed E-state index contributed by atoms with van der Waals surface area (Å²) in [5.74, 6) is 0. The molecule has 0 spiro atoms. The normalized spacial score (nSPS) is 11.1. The number of aromatic amines is 1. The highest BCUT2D eigenvalue weighted by Crippen LogP contribution is 2.17. The molecule has 0 aliphatic heterocycles. The van der Waals surface area contributed by atoms with E-state index in [-0.39, 0.29) is 6.03 Å². The van der Waals surface area contributed by atoms with Crippen molar-refractivity contribution in [2.75, 3.05) is 13.1 Å². The molecule has 0 saturated heterocycles. The summed E-state index contributed by atoms with van der Waals surface area (Å²) >= 11 is 0. The second-order valence-corrected chi connectivity index (χ2v) is 6.24. The quantitative estimate of drug-likeness (QED) is 0.502. The van der Waals surface area contributed by atoms with Gasteiger partial charge in [-0.05, 0) is 30.2 Å². The zero-order valence-corrected chi connectivity index (χ0v) is 14.4. The molecule has 3 N–H and O–H groups in total. The Hall–Kier alpha value is -3.28. The fraction of sp³-hybridized carbons (Fsp3) is 0.200. The van der Waals surface area contributed by atoms with Crippen molar-refractivity contribution in [3.63, 3.8) is 0 Å². The fourth-order valence-electron chi connectivity index (χ4n) is 3.12. The monoisotopic (exact) mass is 347 g/mol. The Morgan fingerprint density at radius 1 is 1.04 bits per heavy atom. The minimum Gasteiger partial charge on any atom is -0.361 e. The number of benzene rings is 1. The molecule has 26 heavy (non-hydrogen) atoms. The molecule has 6 nitrogen and oxygen atoms in total. The number of carbonyl (C=O) groups is 1. The Kier molecular flexibility index (Phi) is 4.55. The topological polar surface area (TPSA) is 74.2 Å². The van der Waals surface area contributed by atoms with Crippen LogP contribution in [0, 0.1) is 0 Å². The summed E-state index contributed by atoms with van der Waals surface area (Å²) in [6, 6.07) is 13.9. The van der Waals surface area contributed by atoms with E-state index in [4.69, 9.17) is 0 Å². The van der Waals surface area contributed by atoms with Gasteiger partial charge in [-0.2, -0.15) is 0 Å². The molecular formula is C20H21N5O. The van der Waals surface area contributed by atoms with Crippen LogP contribution in [-0.2, 0) is 12.8 Å². The highest BCUT2D eigenvalue weighted by atomic mass is 16.2. The maximum atomic E-state index is 11.9. The fourth-order valence-corrected chi connectivity index (χ4v) is 3.12. The van der Waals surface area contributed by atoms with Crippen molar-refractivity contribution in [2.45, 2.75) is 12.8 Å². The molecule has 4 rings (SSSR count). The lowest BCUT2D eigenvalue weighted by Gasteiger charge is -2.06. The second-order valence-electron chi connectivity index (χ2n) is 6.24. The number of para-hydroxylation sites is 1. The van der Waals surface area contributed by atoms with Crippen LogP contribution in [-0.4, -0.2) is 33.5 Å². The van der Waals surface area contributed by atoms with Crippen LogP contribution >= 0.6 is 0 Å². The van der Waals surface area contributed by atoms with E-state index in [0.717, 1.165) is 23.3 Å². The van der Waals surface area contributed by atoms with Gasteiger partial charge in [0, 0.05) is 49.0 Å². The number of pyridine rings is 1. The highest BCUT2D eigenvalue weighted by Gasteiger charge is 2.05. The van der Waals surface area contributed by atoms with E-state index < -0.39 is 0 Å². The van der Waals surface area contributed by atoms with Gasteiger partial charge in [0.2, 0.25) is 0 Å². The van der Waals surface area contributed by atoms with Crippen LogP contribution in [0.4, 0.5) is 4.79 Å². The molecule has 0 aliphatic carbocycles. The summed E-state index contributed by atoms with van der Waals surface area (Å²) in [5.41, 5.74) is 4.23. The van der Waals surface area contributed by atoms with E-state index >= 15 is 0 Å². The minimum atomic E-state index is -0.145. The van der Waals surface area contributed by atoms with Gasteiger partial charge < -0.3 is 20.0 Å². The van der Waals surface area contributed by atoms with Crippen LogP contribution < -0.4 is 10.6 Å². The molecular weight excluding hydrogens is 326 g/mol. The van der Waals surface area contributed by atoms with E-state index in [9.17, 15) is 4.79 Å². The summed E-state index contributed by atoms with van der Waals surface area (Å²) in [6.07, 6.45) is 7.47. The van der Waals surface area contributed by atoms with Gasteiger partial charge in [0.15, 0.2) is 0 Å². The number of hydrogen-bond donors (Lipinski definition) is 3. The SMILES string of the molecule is O=C(NCCc1cn2ccccc2n1)NCCc1c[nH]c2ccccc12. The van der Waals surface area contributed by atoms with Crippen molar-refractivity contribution in [1.29, 1.82) is 0 Å². The number of nitrogens with one attached hydrogen (secondary N) is 3. The van der Waals surface area contributed by atoms with Gasteiger partial charge >= 0.3 is 6.03 Å². The van der Waals surface area contributed by atoms with Gasteiger partial charge in [0.25, 0.3) is 0 Å². The number of imidazole rings is 1. The Bertz CT molecular complexity index is 1000. The maximum absolute atomic E-state index is 11.9. The van der Waals surface area contributed by atoms with Crippen molar-refractivity contribution in [2.24, 2.45) is 0 Å². The zero-order valence-electron chi connectivity index (χ0n) is 14.4. The van der Waals surface area contributed by atoms with E-state index in [0.29, 0.717) is 19.5 Å². The van der Waals surface area contributed by atoms with Crippen molar-refractivity contribution in [3.8, 4) is 0 Å².